The van der Waals surface area contributed by atoms with Crippen LogP contribution in [-0.4, -0.2) is 91.9 Å². The molecule has 10 nitrogen and oxygen atoms in total. The molecule has 2 aliphatic heterocycles. The van der Waals surface area contributed by atoms with Gasteiger partial charge in [-0.1, -0.05) is 39.0 Å². The summed E-state index contributed by atoms with van der Waals surface area (Å²) in [6.45, 7) is 8.91. The summed E-state index contributed by atoms with van der Waals surface area (Å²) in [4.78, 5) is 35.2. The van der Waals surface area contributed by atoms with E-state index in [2.05, 4.69) is 28.5 Å². The SMILES string of the molecule is CCCN1CCC(C#N)(NC(=O)[C@H](CCC2CCCCC2)N=C(NC(=O)OCC)N2CCOCC2)CC1. The highest BCUT2D eigenvalue weighted by Crippen LogP contribution is 2.29. The number of guanidine groups is 1. The molecule has 208 valence electrons. The number of nitrogens with one attached hydrogen (secondary N) is 2. The Balaban J connectivity index is 1.78. The van der Waals surface area contributed by atoms with E-state index in [9.17, 15) is 14.9 Å². The van der Waals surface area contributed by atoms with Crippen LogP contribution in [0.25, 0.3) is 0 Å². The first kappa shape index (κ1) is 29.2. The number of ether oxygens (including phenoxy) is 2. The molecule has 0 spiro atoms. The lowest BCUT2D eigenvalue weighted by Gasteiger charge is -2.38. The Hall–Kier alpha value is -2.38. The molecule has 37 heavy (non-hydrogen) atoms. The zero-order chi connectivity index (χ0) is 26.5. The fourth-order valence-electron chi connectivity index (χ4n) is 5.56. The van der Waals surface area contributed by atoms with Gasteiger partial charge in [0.1, 0.15) is 11.6 Å². The number of nitriles is 1. The quantitative estimate of drug-likeness (QED) is 0.356. The molecule has 1 aliphatic carbocycles. The highest BCUT2D eigenvalue weighted by molar-refractivity contribution is 5.96. The van der Waals surface area contributed by atoms with Crippen LogP contribution >= 0.6 is 0 Å². The van der Waals surface area contributed by atoms with E-state index in [0.717, 1.165) is 32.5 Å². The van der Waals surface area contributed by atoms with Crippen molar-refractivity contribution >= 4 is 18.0 Å². The minimum Gasteiger partial charge on any atom is -0.450 e. The first-order valence-corrected chi connectivity index (χ1v) is 14.3. The van der Waals surface area contributed by atoms with E-state index < -0.39 is 17.7 Å². The smallest absolute Gasteiger partial charge is 0.413 e. The number of likely N-dealkylation sites (tertiary alicyclic amines) is 1. The Labute approximate surface area is 222 Å². The molecule has 2 heterocycles. The van der Waals surface area contributed by atoms with Crippen molar-refractivity contribution in [3.8, 4) is 6.07 Å². The molecular weight excluding hydrogens is 472 g/mol. The second kappa shape index (κ2) is 15.1. The van der Waals surface area contributed by atoms with Gasteiger partial charge in [0.15, 0.2) is 0 Å². The number of nitrogens with zero attached hydrogens (tertiary/aromatic N) is 4. The summed E-state index contributed by atoms with van der Waals surface area (Å²) in [5.41, 5.74) is -0.881. The van der Waals surface area contributed by atoms with E-state index >= 15 is 0 Å². The molecule has 0 aromatic heterocycles. The third-order valence-corrected chi connectivity index (χ3v) is 7.78. The predicted octanol–water partition coefficient (Wildman–Crippen LogP) is 3.03. The summed E-state index contributed by atoms with van der Waals surface area (Å²) in [5, 5.41) is 15.9. The standard InChI is InChI=1S/C27H46N6O4/c1-3-14-32-15-12-27(21-28,13-16-32)31-24(34)23(11-10-22-8-6-5-7-9-22)29-25(30-26(35)37-4-2)33-17-19-36-20-18-33/h22-23H,3-20H2,1-2H3,(H,31,34)(H,29,30,35)/t23-/m0/s1. The molecule has 1 atom stereocenters. The fraction of sp³-hybridized carbons (Fsp3) is 0.852. The number of carbonyl (C=O) groups is 2. The molecule has 2 amide bonds. The molecule has 2 saturated heterocycles. The first-order chi connectivity index (χ1) is 18.0. The van der Waals surface area contributed by atoms with Gasteiger partial charge in [-0.2, -0.15) is 5.26 Å². The van der Waals surface area contributed by atoms with Gasteiger partial charge < -0.3 is 24.6 Å². The summed E-state index contributed by atoms with van der Waals surface area (Å²) in [7, 11) is 0. The van der Waals surface area contributed by atoms with Crippen molar-refractivity contribution in [2.75, 3.05) is 52.5 Å². The maximum Gasteiger partial charge on any atom is 0.413 e. The summed E-state index contributed by atoms with van der Waals surface area (Å²) in [5.74, 6) is 0.693. The van der Waals surface area contributed by atoms with Crippen molar-refractivity contribution in [1.29, 1.82) is 5.26 Å². The Morgan fingerprint density at radius 1 is 1.14 bits per heavy atom. The van der Waals surface area contributed by atoms with Gasteiger partial charge in [0.05, 0.1) is 25.9 Å². The van der Waals surface area contributed by atoms with Gasteiger partial charge in [-0.3, -0.25) is 10.1 Å². The maximum atomic E-state index is 13.7. The van der Waals surface area contributed by atoms with Crippen molar-refractivity contribution in [2.24, 2.45) is 10.9 Å². The van der Waals surface area contributed by atoms with Crippen LogP contribution in [0.3, 0.4) is 0 Å². The Kier molecular flexibility index (Phi) is 11.9. The lowest BCUT2D eigenvalue weighted by Crippen LogP contribution is -2.57. The average molecular weight is 519 g/mol. The van der Waals surface area contributed by atoms with E-state index in [0.29, 0.717) is 57.4 Å². The average Bonchev–Trinajstić information content (AvgIpc) is 2.93. The van der Waals surface area contributed by atoms with Crippen LogP contribution in [0.15, 0.2) is 4.99 Å². The molecule has 1 saturated carbocycles. The molecule has 3 aliphatic rings. The highest BCUT2D eigenvalue weighted by atomic mass is 16.5. The van der Waals surface area contributed by atoms with Crippen molar-refractivity contribution in [2.45, 2.75) is 89.6 Å². The molecule has 0 radical (unpaired) electrons. The lowest BCUT2D eigenvalue weighted by molar-refractivity contribution is -0.124. The molecule has 3 rings (SSSR count). The molecule has 0 aromatic rings. The lowest BCUT2D eigenvalue weighted by atomic mass is 9.84. The normalized spacial score (nSPS) is 22.1. The third-order valence-electron chi connectivity index (χ3n) is 7.78. The van der Waals surface area contributed by atoms with Gasteiger partial charge >= 0.3 is 6.09 Å². The number of hydrogen-bond donors (Lipinski definition) is 2. The Morgan fingerprint density at radius 2 is 1.84 bits per heavy atom. The van der Waals surface area contributed by atoms with Crippen molar-refractivity contribution in [3.63, 3.8) is 0 Å². The second-order valence-electron chi connectivity index (χ2n) is 10.5. The van der Waals surface area contributed by atoms with E-state index in [1.54, 1.807) is 6.92 Å². The second-order valence-corrected chi connectivity index (χ2v) is 10.5. The number of hydrogen-bond acceptors (Lipinski definition) is 7. The van der Waals surface area contributed by atoms with Crippen LogP contribution in [0, 0.1) is 17.2 Å². The fourth-order valence-corrected chi connectivity index (χ4v) is 5.56. The predicted molar refractivity (Wildman–Crippen MR) is 142 cm³/mol. The van der Waals surface area contributed by atoms with Gasteiger partial charge in [-0.05, 0) is 51.5 Å². The van der Waals surface area contributed by atoms with Crippen LogP contribution in [0.2, 0.25) is 0 Å². The monoisotopic (exact) mass is 518 g/mol. The minimum atomic E-state index is -0.881. The summed E-state index contributed by atoms with van der Waals surface area (Å²) in [6.07, 6.45) is 9.30. The topological polar surface area (TPSA) is 119 Å². The zero-order valence-electron chi connectivity index (χ0n) is 22.8. The molecule has 0 aromatic carbocycles. The van der Waals surface area contributed by atoms with Gasteiger partial charge in [0.2, 0.25) is 11.9 Å². The third kappa shape index (κ3) is 9.15. The van der Waals surface area contributed by atoms with Crippen molar-refractivity contribution < 1.29 is 19.1 Å². The number of piperidine rings is 1. The van der Waals surface area contributed by atoms with Gasteiger partial charge in [0.25, 0.3) is 0 Å². The van der Waals surface area contributed by atoms with Crippen LogP contribution in [0.4, 0.5) is 4.79 Å². The number of amides is 2. The van der Waals surface area contributed by atoms with E-state index in [1.807, 2.05) is 4.90 Å². The molecule has 0 unspecified atom stereocenters. The van der Waals surface area contributed by atoms with Crippen molar-refractivity contribution in [1.82, 2.24) is 20.4 Å². The molecule has 10 heteroatoms. The van der Waals surface area contributed by atoms with Crippen LogP contribution < -0.4 is 10.6 Å². The minimum absolute atomic E-state index is 0.238. The van der Waals surface area contributed by atoms with Gasteiger partial charge in [-0.25, -0.2) is 9.79 Å². The van der Waals surface area contributed by atoms with E-state index in [1.165, 1.54) is 32.1 Å². The van der Waals surface area contributed by atoms with Crippen LogP contribution in [-0.2, 0) is 14.3 Å². The van der Waals surface area contributed by atoms with E-state index in [-0.39, 0.29) is 12.5 Å². The molecule has 2 N–H and O–H groups in total. The largest absolute Gasteiger partial charge is 0.450 e. The van der Waals surface area contributed by atoms with E-state index in [4.69, 9.17) is 14.5 Å². The Bertz CT molecular complexity index is 793. The summed E-state index contributed by atoms with van der Waals surface area (Å²) in [6, 6.07) is 1.72. The molecule has 0 bridgehead atoms. The first-order valence-electron chi connectivity index (χ1n) is 14.3. The number of rotatable bonds is 9. The molecule has 3 fully saturated rings. The van der Waals surface area contributed by atoms with Gasteiger partial charge in [0, 0.05) is 26.2 Å². The zero-order valence-corrected chi connectivity index (χ0v) is 22.8. The van der Waals surface area contributed by atoms with Crippen molar-refractivity contribution in [3.05, 3.63) is 0 Å². The number of morpholine rings is 1. The van der Waals surface area contributed by atoms with Crippen LogP contribution in [0.5, 0.6) is 0 Å². The van der Waals surface area contributed by atoms with Gasteiger partial charge in [-0.15, -0.1) is 0 Å². The maximum absolute atomic E-state index is 13.7. The summed E-state index contributed by atoms with van der Waals surface area (Å²) < 4.78 is 10.6. The highest BCUT2D eigenvalue weighted by Gasteiger charge is 2.38. The number of aliphatic imine (C=N–C) groups is 1. The summed E-state index contributed by atoms with van der Waals surface area (Å²) >= 11 is 0. The Morgan fingerprint density at radius 3 is 2.46 bits per heavy atom. The number of carbonyl (C=O) groups excluding carboxylic acids is 2. The number of alkyl carbamates (subject to hydrolysis) is 1. The van der Waals surface area contributed by atoms with Crippen LogP contribution in [0.1, 0.15) is 78.1 Å². The molecular formula is C27H46N6O4.